The second-order valence-electron chi connectivity index (χ2n) is 3.39. The van der Waals surface area contributed by atoms with E-state index in [9.17, 15) is 8.78 Å². The number of nitrogen functional groups attached to an aromatic ring is 1. The normalized spacial score (nSPS) is 10.5. The van der Waals surface area contributed by atoms with E-state index in [-0.39, 0.29) is 5.95 Å². The van der Waals surface area contributed by atoms with E-state index >= 15 is 0 Å². The number of aryl methyl sites for hydroxylation is 1. The molecule has 0 atom stereocenters. The second kappa shape index (κ2) is 4.67. The van der Waals surface area contributed by atoms with Gasteiger partial charge < -0.3 is 5.73 Å². The summed E-state index contributed by atoms with van der Waals surface area (Å²) in [4.78, 5) is 8.12. The van der Waals surface area contributed by atoms with Gasteiger partial charge in [-0.15, -0.1) is 0 Å². The van der Waals surface area contributed by atoms with Crippen LogP contribution in [0.25, 0.3) is 0 Å². The maximum atomic E-state index is 13.4. The number of benzene rings is 1. The highest BCUT2D eigenvalue weighted by atomic mass is 32.2. The van der Waals surface area contributed by atoms with Crippen LogP contribution >= 0.6 is 11.8 Å². The van der Waals surface area contributed by atoms with E-state index in [0.29, 0.717) is 9.92 Å². The fourth-order valence-corrected chi connectivity index (χ4v) is 2.06. The standard InChI is InChI=1S/C11H9F2N3S/c1-6-5-15-11(14)16-10(6)17-9-3-2-7(12)4-8(9)13/h2-5H,1H3,(H2,14,15,16). The minimum atomic E-state index is -0.619. The van der Waals surface area contributed by atoms with Crippen molar-refractivity contribution in [1.82, 2.24) is 9.97 Å². The molecule has 0 unspecified atom stereocenters. The summed E-state index contributed by atoms with van der Waals surface area (Å²) < 4.78 is 26.2. The zero-order valence-corrected chi connectivity index (χ0v) is 9.76. The molecule has 2 N–H and O–H groups in total. The first kappa shape index (κ1) is 11.8. The van der Waals surface area contributed by atoms with Crippen LogP contribution in [0.2, 0.25) is 0 Å². The van der Waals surface area contributed by atoms with Gasteiger partial charge in [-0.1, -0.05) is 11.8 Å². The lowest BCUT2D eigenvalue weighted by Gasteiger charge is -2.05. The van der Waals surface area contributed by atoms with E-state index < -0.39 is 11.6 Å². The van der Waals surface area contributed by atoms with Gasteiger partial charge in [-0.25, -0.2) is 18.7 Å². The molecule has 0 aliphatic carbocycles. The Labute approximate surface area is 101 Å². The molecule has 0 amide bonds. The number of rotatable bonds is 2. The zero-order chi connectivity index (χ0) is 12.4. The first-order valence-electron chi connectivity index (χ1n) is 4.78. The van der Waals surface area contributed by atoms with Gasteiger partial charge in [0, 0.05) is 22.7 Å². The topological polar surface area (TPSA) is 51.8 Å². The van der Waals surface area contributed by atoms with Gasteiger partial charge in [0.1, 0.15) is 16.7 Å². The van der Waals surface area contributed by atoms with Crippen LogP contribution in [0, 0.1) is 18.6 Å². The van der Waals surface area contributed by atoms with Crippen molar-refractivity contribution < 1.29 is 8.78 Å². The fraction of sp³-hybridized carbons (Fsp3) is 0.0909. The molecule has 88 valence electrons. The maximum Gasteiger partial charge on any atom is 0.221 e. The molecule has 0 saturated carbocycles. The average Bonchev–Trinajstić information content (AvgIpc) is 2.27. The molecule has 1 aromatic heterocycles. The van der Waals surface area contributed by atoms with Crippen molar-refractivity contribution in [3.05, 3.63) is 41.6 Å². The summed E-state index contributed by atoms with van der Waals surface area (Å²) >= 11 is 1.09. The molecule has 0 bridgehead atoms. The summed E-state index contributed by atoms with van der Waals surface area (Å²) in [6, 6.07) is 3.40. The fourth-order valence-electron chi connectivity index (χ4n) is 1.20. The summed E-state index contributed by atoms with van der Waals surface area (Å²) in [6.45, 7) is 1.79. The Bertz CT molecular complexity index is 560. The number of hydrogen-bond acceptors (Lipinski definition) is 4. The van der Waals surface area contributed by atoms with Crippen LogP contribution in [0.3, 0.4) is 0 Å². The molecule has 0 radical (unpaired) electrons. The molecular weight excluding hydrogens is 244 g/mol. The highest BCUT2D eigenvalue weighted by Gasteiger charge is 2.09. The van der Waals surface area contributed by atoms with Crippen molar-refractivity contribution >= 4 is 17.7 Å². The number of nitrogens with zero attached hydrogens (tertiary/aromatic N) is 2. The maximum absolute atomic E-state index is 13.4. The summed E-state index contributed by atoms with van der Waals surface area (Å²) in [5.74, 6) is -1.10. The smallest absolute Gasteiger partial charge is 0.221 e. The Hall–Kier alpha value is -1.69. The minimum absolute atomic E-state index is 0.126. The molecule has 0 saturated heterocycles. The summed E-state index contributed by atoms with van der Waals surface area (Å²) in [7, 11) is 0. The summed E-state index contributed by atoms with van der Waals surface area (Å²) in [5, 5.41) is 0.558. The third-order valence-corrected chi connectivity index (χ3v) is 3.20. The number of aromatic nitrogens is 2. The average molecular weight is 253 g/mol. The van der Waals surface area contributed by atoms with Crippen LogP contribution in [-0.2, 0) is 0 Å². The van der Waals surface area contributed by atoms with Crippen LogP contribution in [-0.4, -0.2) is 9.97 Å². The van der Waals surface area contributed by atoms with Crippen LogP contribution in [0.5, 0.6) is 0 Å². The third-order valence-electron chi connectivity index (χ3n) is 2.04. The van der Waals surface area contributed by atoms with Gasteiger partial charge in [0.2, 0.25) is 5.95 Å². The van der Waals surface area contributed by atoms with E-state index in [2.05, 4.69) is 9.97 Å². The Morgan fingerprint density at radius 1 is 1.29 bits per heavy atom. The highest BCUT2D eigenvalue weighted by molar-refractivity contribution is 7.99. The van der Waals surface area contributed by atoms with Gasteiger partial charge in [0.25, 0.3) is 0 Å². The molecule has 6 heteroatoms. The molecule has 0 aliphatic heterocycles. The van der Waals surface area contributed by atoms with E-state index in [1.54, 1.807) is 13.1 Å². The minimum Gasteiger partial charge on any atom is -0.368 e. The van der Waals surface area contributed by atoms with Crippen molar-refractivity contribution in [2.75, 3.05) is 5.73 Å². The Balaban J connectivity index is 2.34. The van der Waals surface area contributed by atoms with E-state index in [0.717, 1.165) is 23.4 Å². The number of anilines is 1. The molecule has 1 heterocycles. The second-order valence-corrected chi connectivity index (χ2v) is 4.42. The van der Waals surface area contributed by atoms with Gasteiger partial charge in [-0.05, 0) is 19.1 Å². The van der Waals surface area contributed by atoms with Crippen LogP contribution < -0.4 is 5.73 Å². The van der Waals surface area contributed by atoms with Crippen molar-refractivity contribution in [1.29, 1.82) is 0 Å². The van der Waals surface area contributed by atoms with Gasteiger partial charge >= 0.3 is 0 Å². The van der Waals surface area contributed by atoms with Crippen LogP contribution in [0.1, 0.15) is 5.56 Å². The summed E-state index contributed by atoms with van der Waals surface area (Å²) in [6.07, 6.45) is 1.56. The van der Waals surface area contributed by atoms with E-state index in [1.165, 1.54) is 12.1 Å². The number of nitrogens with two attached hydrogens (primary N) is 1. The van der Waals surface area contributed by atoms with Crippen LogP contribution in [0.4, 0.5) is 14.7 Å². The number of hydrogen-bond donors (Lipinski definition) is 1. The van der Waals surface area contributed by atoms with E-state index in [1.807, 2.05) is 0 Å². The Morgan fingerprint density at radius 3 is 2.76 bits per heavy atom. The van der Waals surface area contributed by atoms with Crippen molar-refractivity contribution in [2.24, 2.45) is 0 Å². The van der Waals surface area contributed by atoms with Crippen molar-refractivity contribution in [2.45, 2.75) is 16.8 Å². The highest BCUT2D eigenvalue weighted by Crippen LogP contribution is 2.30. The molecule has 3 nitrogen and oxygen atoms in total. The lowest BCUT2D eigenvalue weighted by Crippen LogP contribution is -1.97. The number of halogens is 2. The van der Waals surface area contributed by atoms with Gasteiger partial charge in [0.05, 0.1) is 0 Å². The molecule has 1 aromatic carbocycles. The van der Waals surface area contributed by atoms with Gasteiger partial charge in [-0.2, -0.15) is 0 Å². The predicted molar refractivity (Wildman–Crippen MR) is 61.7 cm³/mol. The summed E-state index contributed by atoms with van der Waals surface area (Å²) in [5.41, 5.74) is 6.24. The SMILES string of the molecule is Cc1cnc(N)nc1Sc1ccc(F)cc1F. The van der Waals surface area contributed by atoms with Crippen molar-refractivity contribution in [3.8, 4) is 0 Å². The molecule has 2 rings (SSSR count). The Kier molecular flexibility index (Phi) is 3.23. The largest absolute Gasteiger partial charge is 0.368 e. The quantitative estimate of drug-likeness (QED) is 0.836. The van der Waals surface area contributed by atoms with Crippen molar-refractivity contribution in [3.63, 3.8) is 0 Å². The van der Waals surface area contributed by atoms with E-state index in [4.69, 9.17) is 5.73 Å². The molecule has 0 fully saturated rings. The first-order chi connectivity index (χ1) is 8.06. The Morgan fingerprint density at radius 2 is 2.06 bits per heavy atom. The lowest BCUT2D eigenvalue weighted by molar-refractivity contribution is 0.565. The zero-order valence-electron chi connectivity index (χ0n) is 8.95. The molecule has 2 aromatic rings. The molecule has 17 heavy (non-hydrogen) atoms. The van der Waals surface area contributed by atoms with Crippen LogP contribution in [0.15, 0.2) is 34.3 Å². The molecule has 0 aliphatic rings. The van der Waals surface area contributed by atoms with Gasteiger partial charge in [-0.3, -0.25) is 0 Å². The third kappa shape index (κ3) is 2.71. The molecule has 0 spiro atoms. The predicted octanol–water partition coefficient (Wildman–Crippen LogP) is 2.80. The first-order valence-corrected chi connectivity index (χ1v) is 5.60. The molecular formula is C11H9F2N3S. The van der Waals surface area contributed by atoms with Gasteiger partial charge in [0.15, 0.2) is 0 Å². The lowest BCUT2D eigenvalue weighted by atomic mass is 10.3. The monoisotopic (exact) mass is 253 g/mol.